The number of nitrogens with two attached hydrogens (primary N) is 1. The van der Waals surface area contributed by atoms with Gasteiger partial charge < -0.3 is 53.0 Å². The van der Waals surface area contributed by atoms with Crippen molar-refractivity contribution >= 4 is 24.3 Å². The van der Waals surface area contributed by atoms with Crippen LogP contribution in [0.4, 0.5) is 0 Å². The predicted octanol–water partition coefficient (Wildman–Crippen LogP) is 2.75. The summed E-state index contributed by atoms with van der Waals surface area (Å²) in [6.07, 6.45) is 13.3. The first kappa shape index (κ1) is 47.6. The molecule has 0 atom stereocenters. The van der Waals surface area contributed by atoms with Gasteiger partial charge in [-0.15, -0.1) is 0 Å². The molecule has 0 aliphatic rings. The predicted molar refractivity (Wildman–Crippen MR) is 151 cm³/mol. The number of unbranched alkanes of at least 4 members (excludes halogenated alkanes) is 7. The minimum atomic E-state index is -0.975. The molecule has 0 saturated carbocycles. The van der Waals surface area contributed by atoms with Crippen LogP contribution in [-0.4, -0.2) is 80.6 Å². The van der Waals surface area contributed by atoms with Crippen LogP contribution < -0.4 is 16.4 Å². The number of nitrogens with one attached hydrogen (secondary N) is 2. The molecule has 6 N–H and O–H groups in total. The number of carboxylic acid groups (broad SMARTS) is 2. The van der Waals surface area contributed by atoms with Gasteiger partial charge in [-0.3, -0.25) is 16.6 Å². The van der Waals surface area contributed by atoms with Crippen molar-refractivity contribution in [3.63, 3.8) is 0 Å². The van der Waals surface area contributed by atoms with E-state index in [1.165, 1.54) is 6.08 Å². The van der Waals surface area contributed by atoms with Crippen LogP contribution in [0.2, 0.25) is 0 Å². The Kier molecular flexibility index (Phi) is 49.1. The third kappa shape index (κ3) is 48.8. The van der Waals surface area contributed by atoms with E-state index in [-0.39, 0.29) is 55.3 Å². The molecule has 0 radical (unpaired) electrons. The number of aliphatic carboxylic acids is 2. The zero-order chi connectivity index (χ0) is 29.3. The molecular formula is C27H50N3NbO9. The number of carboxylic acids is 2. The molecule has 0 unspecified atom stereocenters. The van der Waals surface area contributed by atoms with Gasteiger partial charge in [0.15, 0.2) is 6.61 Å². The summed E-state index contributed by atoms with van der Waals surface area (Å²) in [7, 11) is 2.75. The van der Waals surface area contributed by atoms with Crippen LogP contribution in [0.15, 0.2) is 24.5 Å². The molecule has 0 saturated heterocycles. The monoisotopic (exact) mass is 653 g/mol. The molecule has 0 rings (SSSR count). The molecule has 13 heteroatoms. The smallest absolute Gasteiger partial charge is 0.528 e. The molecule has 0 aliphatic heterocycles. The summed E-state index contributed by atoms with van der Waals surface area (Å²) in [6.45, 7) is 7.01. The van der Waals surface area contributed by atoms with Crippen molar-refractivity contribution in [2.24, 2.45) is 5.73 Å². The summed E-state index contributed by atoms with van der Waals surface area (Å²) in [5, 5.41) is 21.9. The number of hydrogen-bond donors (Lipinski definition) is 5. The fourth-order valence-electron chi connectivity index (χ4n) is 2.69. The molecule has 12 nitrogen and oxygen atoms in total. The Bertz CT molecular complexity index is 636. The second kappa shape index (κ2) is 41.3. The van der Waals surface area contributed by atoms with Gasteiger partial charge in [0.1, 0.15) is 6.61 Å². The van der Waals surface area contributed by atoms with Crippen LogP contribution in [-0.2, 0) is 55.8 Å². The molecular weight excluding hydrogens is 603 g/mol. The van der Waals surface area contributed by atoms with Crippen LogP contribution in [0.5, 0.6) is 0 Å². The zero-order valence-electron chi connectivity index (χ0n) is 24.2. The van der Waals surface area contributed by atoms with Gasteiger partial charge in [0.25, 0.3) is 0 Å². The van der Waals surface area contributed by atoms with Gasteiger partial charge in [0.2, 0.25) is 5.91 Å². The van der Waals surface area contributed by atoms with Crippen LogP contribution in [0.3, 0.4) is 0 Å². The van der Waals surface area contributed by atoms with E-state index in [2.05, 4.69) is 30.0 Å². The van der Waals surface area contributed by atoms with E-state index in [9.17, 15) is 19.2 Å². The number of carbonyl (C=O) groups excluding carboxylic acids is 2. The van der Waals surface area contributed by atoms with Crippen molar-refractivity contribution in [2.45, 2.75) is 64.7 Å². The number of rotatable bonds is 24. The molecule has 0 bridgehead atoms. The quantitative estimate of drug-likeness (QED) is 0.0259. The van der Waals surface area contributed by atoms with E-state index in [4.69, 9.17) is 24.4 Å². The maximum absolute atomic E-state index is 11.5. The van der Waals surface area contributed by atoms with Gasteiger partial charge in [0.05, 0.1) is 25.6 Å². The Hall–Kier alpha value is -2.22. The van der Waals surface area contributed by atoms with Crippen LogP contribution in [0.1, 0.15) is 64.7 Å². The number of carbonyl (C=O) groups is 3. The van der Waals surface area contributed by atoms with E-state index in [1.807, 2.05) is 0 Å². The number of amides is 2. The molecule has 0 aliphatic carbocycles. The normalized spacial score (nSPS) is 9.62. The second-order valence-electron chi connectivity index (χ2n) is 7.71. The van der Waals surface area contributed by atoms with E-state index < -0.39 is 11.9 Å². The van der Waals surface area contributed by atoms with Crippen molar-refractivity contribution < 1.29 is 66.0 Å². The largest absolute Gasteiger partial charge is 3.00 e. The topological polar surface area (TPSA) is 187 Å². The molecule has 0 fully saturated rings. The van der Waals surface area contributed by atoms with Crippen molar-refractivity contribution in [1.29, 1.82) is 0 Å². The maximum Gasteiger partial charge on any atom is 3.00 e. The molecule has 0 aromatic heterocycles. The summed E-state index contributed by atoms with van der Waals surface area (Å²) in [6, 6.07) is 0. The van der Waals surface area contributed by atoms with Gasteiger partial charge in [-0.25, -0.2) is 4.79 Å². The zero-order valence-corrected chi connectivity index (χ0v) is 26.4. The Morgan fingerprint density at radius 3 is 1.95 bits per heavy atom. The van der Waals surface area contributed by atoms with Gasteiger partial charge in [-0.05, 0) is 25.8 Å². The minimum absolute atomic E-state index is 0. The number of ether oxygens (including phenoxy) is 3. The summed E-state index contributed by atoms with van der Waals surface area (Å²) in [5.41, 5.74) is 4.25. The average Bonchev–Trinajstić information content (AvgIpc) is 2.89. The van der Waals surface area contributed by atoms with E-state index in [1.54, 1.807) is 19.4 Å². The first-order valence-corrected chi connectivity index (χ1v) is 12.6. The van der Waals surface area contributed by atoms with Crippen LogP contribution in [0, 0.1) is 14.5 Å². The van der Waals surface area contributed by atoms with Crippen LogP contribution >= 0.6 is 0 Å². The van der Waals surface area contributed by atoms with E-state index in [0.717, 1.165) is 51.4 Å². The first-order chi connectivity index (χ1) is 18.3. The van der Waals surface area contributed by atoms with Crippen molar-refractivity contribution in [2.75, 3.05) is 46.1 Å². The van der Waals surface area contributed by atoms with Crippen molar-refractivity contribution in [3.8, 4) is 0 Å². The summed E-state index contributed by atoms with van der Waals surface area (Å²) in [5.74, 6) is -1.26. The Balaban J connectivity index is -0.000000246. The maximum atomic E-state index is 11.5. The van der Waals surface area contributed by atoms with Crippen molar-refractivity contribution in [3.05, 3.63) is 39.0 Å². The van der Waals surface area contributed by atoms with Gasteiger partial charge >= 0.3 is 34.3 Å². The van der Waals surface area contributed by atoms with E-state index >= 15 is 0 Å². The summed E-state index contributed by atoms with van der Waals surface area (Å²) in [4.78, 5) is 41.7. The summed E-state index contributed by atoms with van der Waals surface area (Å²) < 4.78 is 15.1. The molecule has 0 aromatic carbocycles. The standard InChI is InChI=1S/C18H33N2O6.C7H10O3.CH4N.CH3.Nb/c21-16-19-11-12-25-13-14-26-15-17(22)20-10-8-6-4-2-1-3-5-7-9-18(23)24;1-3-4-6(2)10-5-7(8)9;1-2;;/h1-15H2,(H,19,21)(H,20,22)(H,23,24);3-4H,1,5H2,2H3,(H,8,9);1-2H2;1H3;/q-1;;2*-1;+3/b;6-4+;;;. The fourth-order valence-corrected chi connectivity index (χ4v) is 2.69. The molecule has 0 spiro atoms. The van der Waals surface area contributed by atoms with Gasteiger partial charge in [-0.2, -0.15) is 6.41 Å². The van der Waals surface area contributed by atoms with Gasteiger partial charge in [-0.1, -0.05) is 51.2 Å². The van der Waals surface area contributed by atoms with Crippen LogP contribution in [0.25, 0.3) is 0 Å². The molecule has 0 aromatic rings. The third-order valence-corrected chi connectivity index (χ3v) is 4.46. The molecule has 232 valence electrons. The number of allylic oxidation sites excluding steroid dienone is 3. The SMILES string of the molecule is C=C/C=C(\C)OCC(=O)O.O=[C-]NCCOCCOCC(=O)NCCCCCCCCCCC(=O)O.[CH2-]N.[CH3-].[Nb+3]. The Labute approximate surface area is 256 Å². The molecule has 2 amide bonds. The first-order valence-electron chi connectivity index (χ1n) is 12.6. The molecule has 0 heterocycles. The fraction of sp³-hybridized carbons (Fsp3) is 0.630. The minimum Gasteiger partial charge on any atom is -0.528 e. The van der Waals surface area contributed by atoms with Crippen molar-refractivity contribution in [1.82, 2.24) is 10.6 Å². The molecule has 40 heavy (non-hydrogen) atoms. The Morgan fingerprint density at radius 2 is 1.43 bits per heavy atom. The number of hydrogen-bond acceptors (Lipinski definition) is 8. The average molecular weight is 654 g/mol. The third-order valence-electron chi connectivity index (χ3n) is 4.46. The van der Waals surface area contributed by atoms with Gasteiger partial charge in [0, 0.05) is 19.5 Å². The summed E-state index contributed by atoms with van der Waals surface area (Å²) >= 11 is 0. The Morgan fingerprint density at radius 1 is 0.875 bits per heavy atom. The second-order valence-corrected chi connectivity index (χ2v) is 7.71. The van der Waals surface area contributed by atoms with E-state index in [0.29, 0.717) is 38.7 Å².